The zero-order valence-corrected chi connectivity index (χ0v) is 9.88. The Kier molecular flexibility index (Phi) is 3.21. The first-order valence-electron chi connectivity index (χ1n) is 4.96. The number of piperidine rings is 1. The van der Waals surface area contributed by atoms with Crippen molar-refractivity contribution in [2.75, 3.05) is 6.54 Å². The molecule has 3 heteroatoms. The van der Waals surface area contributed by atoms with E-state index in [4.69, 9.17) is 0 Å². The van der Waals surface area contributed by atoms with Gasteiger partial charge in [0, 0.05) is 29.6 Å². The van der Waals surface area contributed by atoms with Crippen molar-refractivity contribution in [1.29, 1.82) is 0 Å². The van der Waals surface area contributed by atoms with Crippen LogP contribution in [0.4, 0.5) is 0 Å². The molecule has 0 radical (unpaired) electrons. The lowest BCUT2D eigenvalue weighted by Gasteiger charge is -2.15. The normalized spacial score (nSPS) is 19.0. The Morgan fingerprint density at radius 3 is 2.67 bits per heavy atom. The van der Waals surface area contributed by atoms with E-state index in [1.165, 1.54) is 0 Å². The van der Waals surface area contributed by atoms with Crippen LogP contribution >= 0.6 is 15.9 Å². The maximum absolute atomic E-state index is 11.2. The lowest BCUT2D eigenvalue weighted by atomic mass is 10.1. The van der Waals surface area contributed by atoms with Gasteiger partial charge in [0.05, 0.1) is 0 Å². The van der Waals surface area contributed by atoms with Gasteiger partial charge in [-0.1, -0.05) is 28.1 Å². The van der Waals surface area contributed by atoms with Crippen LogP contribution in [0.25, 0.3) is 6.08 Å². The van der Waals surface area contributed by atoms with Gasteiger partial charge in [-0.05, 0) is 23.8 Å². The number of carbonyl (C=O) groups excluding carboxylic acids is 1. The Bertz CT molecular complexity index is 395. The second kappa shape index (κ2) is 4.62. The number of rotatable bonds is 1. The molecule has 1 saturated heterocycles. The van der Waals surface area contributed by atoms with Crippen LogP contribution in [0, 0.1) is 0 Å². The fraction of sp³-hybridized carbons (Fsp3) is 0.250. The number of hydrogen-bond donors (Lipinski definition) is 1. The van der Waals surface area contributed by atoms with Crippen molar-refractivity contribution in [3.05, 3.63) is 40.0 Å². The minimum atomic E-state index is 0.317. The molecule has 78 valence electrons. The minimum Gasteiger partial charge on any atom is -0.388 e. The SMILES string of the molecule is O=C1CCN/C(=C/c2ccc(Br)cc2)C1. The Hall–Kier alpha value is -1.09. The molecule has 0 unspecified atom stereocenters. The third-order valence-electron chi connectivity index (χ3n) is 2.35. The highest BCUT2D eigenvalue weighted by atomic mass is 79.9. The summed E-state index contributed by atoms with van der Waals surface area (Å²) in [4.78, 5) is 11.2. The van der Waals surface area contributed by atoms with Crippen LogP contribution in [0.2, 0.25) is 0 Å². The number of benzene rings is 1. The molecule has 1 fully saturated rings. The molecule has 1 aromatic rings. The highest BCUT2D eigenvalue weighted by Gasteiger charge is 2.11. The van der Waals surface area contributed by atoms with Crippen LogP contribution in [-0.4, -0.2) is 12.3 Å². The molecule has 0 aliphatic carbocycles. The molecule has 0 aromatic heterocycles. The van der Waals surface area contributed by atoms with E-state index in [1.54, 1.807) is 0 Å². The molecular formula is C12H12BrNO. The Balaban J connectivity index is 2.15. The molecular weight excluding hydrogens is 254 g/mol. The monoisotopic (exact) mass is 265 g/mol. The Morgan fingerprint density at radius 2 is 2.00 bits per heavy atom. The molecule has 0 bridgehead atoms. The first kappa shape index (κ1) is 10.4. The maximum atomic E-state index is 11.2. The largest absolute Gasteiger partial charge is 0.388 e. The number of halogens is 1. The van der Waals surface area contributed by atoms with Gasteiger partial charge >= 0.3 is 0 Å². The number of hydrogen-bond acceptors (Lipinski definition) is 2. The van der Waals surface area contributed by atoms with Crippen molar-refractivity contribution in [2.24, 2.45) is 0 Å². The summed E-state index contributed by atoms with van der Waals surface area (Å²) in [5, 5.41) is 3.24. The second-order valence-corrected chi connectivity index (χ2v) is 4.53. The van der Waals surface area contributed by atoms with E-state index < -0.39 is 0 Å². The summed E-state index contributed by atoms with van der Waals surface area (Å²) < 4.78 is 1.07. The highest BCUT2D eigenvalue weighted by Crippen LogP contribution is 2.15. The van der Waals surface area contributed by atoms with E-state index in [9.17, 15) is 4.79 Å². The van der Waals surface area contributed by atoms with E-state index in [1.807, 2.05) is 30.3 Å². The summed E-state index contributed by atoms with van der Waals surface area (Å²) in [6, 6.07) is 8.05. The van der Waals surface area contributed by atoms with Crippen LogP contribution in [0.1, 0.15) is 18.4 Å². The third-order valence-corrected chi connectivity index (χ3v) is 2.88. The Morgan fingerprint density at radius 1 is 1.27 bits per heavy atom. The van der Waals surface area contributed by atoms with Crippen LogP contribution in [-0.2, 0) is 4.79 Å². The highest BCUT2D eigenvalue weighted by molar-refractivity contribution is 9.10. The van der Waals surface area contributed by atoms with Crippen LogP contribution in [0.5, 0.6) is 0 Å². The van der Waals surface area contributed by atoms with Crippen molar-refractivity contribution in [1.82, 2.24) is 5.32 Å². The van der Waals surface area contributed by atoms with Crippen LogP contribution in [0.3, 0.4) is 0 Å². The van der Waals surface area contributed by atoms with E-state index >= 15 is 0 Å². The minimum absolute atomic E-state index is 0.317. The van der Waals surface area contributed by atoms with Gasteiger partial charge in [-0.25, -0.2) is 0 Å². The maximum Gasteiger partial charge on any atom is 0.140 e. The molecule has 2 rings (SSSR count). The first-order chi connectivity index (χ1) is 7.24. The molecule has 1 aliphatic rings. The van der Waals surface area contributed by atoms with E-state index in [0.717, 1.165) is 22.3 Å². The molecule has 1 aliphatic heterocycles. The molecule has 0 spiro atoms. The quantitative estimate of drug-likeness (QED) is 0.846. The van der Waals surface area contributed by atoms with Crippen molar-refractivity contribution in [3.63, 3.8) is 0 Å². The number of ketones is 1. The average Bonchev–Trinajstić information content (AvgIpc) is 2.22. The first-order valence-corrected chi connectivity index (χ1v) is 5.75. The molecule has 1 aromatic carbocycles. The van der Waals surface area contributed by atoms with Crippen molar-refractivity contribution >= 4 is 27.8 Å². The standard InChI is InChI=1S/C12H12BrNO/c13-10-3-1-9(2-4-10)7-11-8-12(15)5-6-14-11/h1-4,7,14H,5-6,8H2/b11-7+. The molecule has 2 nitrogen and oxygen atoms in total. The molecule has 15 heavy (non-hydrogen) atoms. The number of allylic oxidation sites excluding steroid dienone is 1. The van der Waals surface area contributed by atoms with Gasteiger partial charge in [-0.3, -0.25) is 4.79 Å². The predicted octanol–water partition coefficient (Wildman–Crippen LogP) is 2.74. The third kappa shape index (κ3) is 2.93. The summed E-state index contributed by atoms with van der Waals surface area (Å²) in [6.07, 6.45) is 3.22. The average molecular weight is 266 g/mol. The molecule has 1 heterocycles. The molecule has 0 saturated carbocycles. The predicted molar refractivity (Wildman–Crippen MR) is 64.4 cm³/mol. The zero-order valence-electron chi connectivity index (χ0n) is 8.29. The lowest BCUT2D eigenvalue weighted by Crippen LogP contribution is -2.25. The van der Waals surface area contributed by atoms with Crippen LogP contribution in [0.15, 0.2) is 34.4 Å². The lowest BCUT2D eigenvalue weighted by molar-refractivity contribution is -0.119. The summed E-state index contributed by atoms with van der Waals surface area (Å²) in [5.41, 5.74) is 2.14. The van der Waals surface area contributed by atoms with Gasteiger partial charge in [0.2, 0.25) is 0 Å². The van der Waals surface area contributed by atoms with Gasteiger partial charge in [0.15, 0.2) is 0 Å². The smallest absolute Gasteiger partial charge is 0.140 e. The van der Waals surface area contributed by atoms with Gasteiger partial charge in [0.1, 0.15) is 5.78 Å². The summed E-state index contributed by atoms with van der Waals surface area (Å²) in [5.74, 6) is 0.317. The van der Waals surface area contributed by atoms with Gasteiger partial charge in [-0.15, -0.1) is 0 Å². The van der Waals surface area contributed by atoms with Gasteiger partial charge in [-0.2, -0.15) is 0 Å². The summed E-state index contributed by atoms with van der Waals surface area (Å²) in [7, 11) is 0. The van der Waals surface area contributed by atoms with Gasteiger partial charge in [0.25, 0.3) is 0 Å². The van der Waals surface area contributed by atoms with Crippen molar-refractivity contribution in [2.45, 2.75) is 12.8 Å². The number of Topliss-reactive ketones (excluding diaryl/α,β-unsaturated/α-hetero) is 1. The van der Waals surface area contributed by atoms with Crippen LogP contribution < -0.4 is 5.32 Å². The molecule has 0 atom stereocenters. The zero-order chi connectivity index (χ0) is 10.7. The molecule has 0 amide bonds. The van der Waals surface area contributed by atoms with E-state index in [0.29, 0.717) is 18.6 Å². The fourth-order valence-electron chi connectivity index (χ4n) is 1.59. The topological polar surface area (TPSA) is 29.1 Å². The second-order valence-electron chi connectivity index (χ2n) is 3.61. The van der Waals surface area contributed by atoms with Crippen molar-refractivity contribution in [3.8, 4) is 0 Å². The number of carbonyl (C=O) groups is 1. The molecule has 1 N–H and O–H groups in total. The van der Waals surface area contributed by atoms with Crippen molar-refractivity contribution < 1.29 is 4.79 Å². The fourth-order valence-corrected chi connectivity index (χ4v) is 1.85. The summed E-state index contributed by atoms with van der Waals surface area (Å²) >= 11 is 3.39. The number of nitrogens with one attached hydrogen (secondary N) is 1. The Labute approximate surface area is 97.5 Å². The van der Waals surface area contributed by atoms with E-state index in [-0.39, 0.29) is 0 Å². The van der Waals surface area contributed by atoms with E-state index in [2.05, 4.69) is 21.2 Å². The summed E-state index contributed by atoms with van der Waals surface area (Å²) in [6.45, 7) is 0.765. The van der Waals surface area contributed by atoms with Gasteiger partial charge < -0.3 is 5.32 Å².